The summed E-state index contributed by atoms with van der Waals surface area (Å²) in [5.41, 5.74) is -0.0183. The minimum Gasteiger partial charge on any atom is -0.350 e. The molecule has 0 aliphatic carbocycles. The Morgan fingerprint density at radius 3 is 2.50 bits per heavy atom. The average molecular weight is 198 g/mol. The highest BCUT2D eigenvalue weighted by molar-refractivity contribution is 4.89. The van der Waals surface area contributed by atoms with Gasteiger partial charge in [-0.3, -0.25) is 0 Å². The van der Waals surface area contributed by atoms with Crippen LogP contribution in [-0.2, 0) is 9.47 Å². The fourth-order valence-corrected chi connectivity index (χ4v) is 2.52. The summed E-state index contributed by atoms with van der Waals surface area (Å²) in [6.07, 6.45) is 5.85. The Morgan fingerprint density at radius 1 is 1.14 bits per heavy atom. The fraction of sp³-hybridized carbons (Fsp3) is 1.00. The Kier molecular flexibility index (Phi) is 2.61. The summed E-state index contributed by atoms with van der Waals surface area (Å²) in [5.74, 6) is 0.410. The molecule has 2 fully saturated rings. The van der Waals surface area contributed by atoms with E-state index in [-0.39, 0.29) is 11.4 Å². The van der Waals surface area contributed by atoms with Crippen molar-refractivity contribution in [3.05, 3.63) is 0 Å². The molecule has 2 saturated heterocycles. The first-order valence-corrected chi connectivity index (χ1v) is 5.88. The van der Waals surface area contributed by atoms with E-state index >= 15 is 0 Å². The smallest absolute Gasteiger partial charge is 0.169 e. The van der Waals surface area contributed by atoms with Crippen LogP contribution in [-0.4, -0.2) is 18.0 Å². The molecule has 0 radical (unpaired) electrons. The van der Waals surface area contributed by atoms with Gasteiger partial charge in [-0.2, -0.15) is 0 Å². The van der Waals surface area contributed by atoms with Gasteiger partial charge in [0.1, 0.15) is 0 Å². The Hall–Kier alpha value is -0.0800. The molecule has 0 aromatic carbocycles. The van der Waals surface area contributed by atoms with Crippen molar-refractivity contribution in [1.29, 1.82) is 0 Å². The van der Waals surface area contributed by atoms with E-state index in [1.807, 2.05) is 0 Å². The molecule has 2 aliphatic rings. The van der Waals surface area contributed by atoms with E-state index in [4.69, 9.17) is 9.47 Å². The maximum absolute atomic E-state index is 6.19. The lowest BCUT2D eigenvalue weighted by molar-refractivity contribution is -0.329. The summed E-state index contributed by atoms with van der Waals surface area (Å²) in [4.78, 5) is 0. The second-order valence-electron chi connectivity index (χ2n) is 5.36. The molecule has 2 heterocycles. The monoisotopic (exact) mass is 198 g/mol. The van der Waals surface area contributed by atoms with Crippen molar-refractivity contribution in [1.82, 2.24) is 0 Å². The first-order valence-electron chi connectivity index (χ1n) is 5.88. The largest absolute Gasteiger partial charge is 0.350 e. The maximum atomic E-state index is 6.19. The molecular formula is C12H22O2. The molecule has 1 spiro atoms. The molecule has 2 aliphatic heterocycles. The van der Waals surface area contributed by atoms with Crippen molar-refractivity contribution in [2.45, 2.75) is 64.3 Å². The molecule has 0 N–H and O–H groups in total. The van der Waals surface area contributed by atoms with Gasteiger partial charge in [0, 0.05) is 12.8 Å². The van der Waals surface area contributed by atoms with Crippen molar-refractivity contribution >= 4 is 0 Å². The lowest BCUT2D eigenvalue weighted by atomic mass is 9.82. The second kappa shape index (κ2) is 3.49. The summed E-state index contributed by atoms with van der Waals surface area (Å²) in [6, 6.07) is 0. The molecule has 0 aromatic rings. The van der Waals surface area contributed by atoms with E-state index in [1.54, 1.807) is 0 Å². The quantitative estimate of drug-likeness (QED) is 0.595. The third-order valence-corrected chi connectivity index (χ3v) is 3.91. The van der Waals surface area contributed by atoms with Gasteiger partial charge < -0.3 is 9.47 Å². The first-order chi connectivity index (χ1) is 6.54. The predicted molar refractivity (Wildman–Crippen MR) is 56.1 cm³/mol. The zero-order chi connectivity index (χ0) is 10.2. The van der Waals surface area contributed by atoms with Crippen molar-refractivity contribution in [2.75, 3.05) is 6.61 Å². The van der Waals surface area contributed by atoms with Gasteiger partial charge >= 0.3 is 0 Å². The van der Waals surface area contributed by atoms with Gasteiger partial charge in [0.2, 0.25) is 0 Å². The van der Waals surface area contributed by atoms with Crippen LogP contribution in [0.3, 0.4) is 0 Å². The van der Waals surface area contributed by atoms with Crippen LogP contribution in [0.5, 0.6) is 0 Å². The molecule has 2 nitrogen and oxygen atoms in total. The van der Waals surface area contributed by atoms with Crippen LogP contribution in [0.25, 0.3) is 0 Å². The zero-order valence-electron chi connectivity index (χ0n) is 9.64. The van der Waals surface area contributed by atoms with Gasteiger partial charge in [0.25, 0.3) is 0 Å². The fourth-order valence-electron chi connectivity index (χ4n) is 2.52. The third-order valence-electron chi connectivity index (χ3n) is 3.91. The SMILES string of the molecule is CC1CCC2(CCCCO2)OC1(C)C. The van der Waals surface area contributed by atoms with Crippen molar-refractivity contribution in [2.24, 2.45) is 5.92 Å². The van der Waals surface area contributed by atoms with Gasteiger partial charge in [-0.05, 0) is 39.0 Å². The number of rotatable bonds is 0. The van der Waals surface area contributed by atoms with Crippen LogP contribution < -0.4 is 0 Å². The standard InChI is InChI=1S/C12H22O2/c1-10-6-8-12(14-11(10,2)3)7-4-5-9-13-12/h10H,4-9H2,1-3H3. The van der Waals surface area contributed by atoms with Gasteiger partial charge in [-0.15, -0.1) is 0 Å². The molecule has 2 unspecified atom stereocenters. The molecule has 0 saturated carbocycles. The third kappa shape index (κ3) is 1.82. The lowest BCUT2D eigenvalue weighted by Crippen LogP contribution is -2.52. The normalized spacial score (nSPS) is 42.6. The van der Waals surface area contributed by atoms with E-state index < -0.39 is 0 Å². The topological polar surface area (TPSA) is 18.5 Å². The van der Waals surface area contributed by atoms with Crippen LogP contribution >= 0.6 is 0 Å². The average Bonchev–Trinajstić information content (AvgIpc) is 2.13. The molecule has 2 atom stereocenters. The molecule has 0 aromatic heterocycles. The Morgan fingerprint density at radius 2 is 1.93 bits per heavy atom. The molecule has 0 amide bonds. The van der Waals surface area contributed by atoms with Crippen molar-refractivity contribution in [3.63, 3.8) is 0 Å². The van der Waals surface area contributed by atoms with E-state index in [2.05, 4.69) is 20.8 Å². The second-order valence-corrected chi connectivity index (χ2v) is 5.36. The summed E-state index contributed by atoms with van der Waals surface area (Å²) in [5, 5.41) is 0. The molecular weight excluding hydrogens is 176 g/mol. The highest BCUT2D eigenvalue weighted by Crippen LogP contribution is 2.43. The maximum Gasteiger partial charge on any atom is 0.169 e. The molecule has 0 bridgehead atoms. The van der Waals surface area contributed by atoms with Crippen LogP contribution in [0.15, 0.2) is 0 Å². The molecule has 14 heavy (non-hydrogen) atoms. The summed E-state index contributed by atoms with van der Waals surface area (Å²) < 4.78 is 12.1. The molecule has 2 heteroatoms. The Labute approximate surface area is 87.0 Å². The van der Waals surface area contributed by atoms with E-state index in [0.717, 1.165) is 19.4 Å². The number of hydrogen-bond donors (Lipinski definition) is 0. The zero-order valence-corrected chi connectivity index (χ0v) is 9.64. The van der Waals surface area contributed by atoms with Crippen LogP contribution in [0.1, 0.15) is 52.9 Å². The minimum atomic E-state index is -0.228. The van der Waals surface area contributed by atoms with E-state index in [9.17, 15) is 0 Å². The number of ether oxygens (including phenoxy) is 2. The van der Waals surface area contributed by atoms with Crippen LogP contribution in [0.2, 0.25) is 0 Å². The van der Waals surface area contributed by atoms with Crippen molar-refractivity contribution in [3.8, 4) is 0 Å². The van der Waals surface area contributed by atoms with Gasteiger partial charge in [-0.25, -0.2) is 0 Å². The highest BCUT2D eigenvalue weighted by atomic mass is 16.7. The number of hydrogen-bond acceptors (Lipinski definition) is 2. The van der Waals surface area contributed by atoms with Crippen LogP contribution in [0, 0.1) is 5.92 Å². The Balaban J connectivity index is 2.07. The predicted octanol–water partition coefficient (Wildman–Crippen LogP) is 3.11. The van der Waals surface area contributed by atoms with Gasteiger partial charge in [0.15, 0.2) is 5.79 Å². The molecule has 82 valence electrons. The Bertz CT molecular complexity index is 204. The summed E-state index contributed by atoms with van der Waals surface area (Å²) in [6.45, 7) is 7.53. The summed E-state index contributed by atoms with van der Waals surface area (Å²) in [7, 11) is 0. The van der Waals surface area contributed by atoms with E-state index in [1.165, 1.54) is 19.3 Å². The van der Waals surface area contributed by atoms with Gasteiger partial charge in [-0.1, -0.05) is 6.92 Å². The van der Waals surface area contributed by atoms with E-state index in [0.29, 0.717) is 5.92 Å². The highest BCUT2D eigenvalue weighted by Gasteiger charge is 2.45. The molecule has 2 rings (SSSR count). The lowest BCUT2D eigenvalue weighted by Gasteiger charge is -2.49. The first kappa shape index (κ1) is 10.4. The van der Waals surface area contributed by atoms with Crippen LogP contribution in [0.4, 0.5) is 0 Å². The minimum absolute atomic E-state index is 0.0183. The van der Waals surface area contributed by atoms with Gasteiger partial charge in [0.05, 0.1) is 12.2 Å². The summed E-state index contributed by atoms with van der Waals surface area (Å²) >= 11 is 0. The van der Waals surface area contributed by atoms with Crippen molar-refractivity contribution < 1.29 is 9.47 Å².